The SMILES string of the molecule is CC(C)(C)c1ccc(OCC2CCN(C(=O)C3CC3(C)C)C2)nn1. The molecule has 1 aromatic heterocycles. The van der Waals surface area contributed by atoms with E-state index in [1.54, 1.807) is 0 Å². The molecule has 2 atom stereocenters. The molecule has 0 aromatic carbocycles. The second-order valence-electron chi connectivity index (χ2n) is 9.00. The Hall–Kier alpha value is -1.65. The first kappa shape index (κ1) is 17.2. The maximum absolute atomic E-state index is 12.4. The summed E-state index contributed by atoms with van der Waals surface area (Å²) in [6.45, 7) is 12.9. The average molecular weight is 331 g/mol. The van der Waals surface area contributed by atoms with Gasteiger partial charge in [-0.15, -0.1) is 5.10 Å². The van der Waals surface area contributed by atoms with Gasteiger partial charge in [0.1, 0.15) is 0 Å². The highest BCUT2D eigenvalue weighted by Crippen LogP contribution is 2.52. The molecule has 2 aliphatic rings. The number of carbonyl (C=O) groups excluding carboxylic acids is 1. The number of aromatic nitrogens is 2. The number of rotatable bonds is 4. The van der Waals surface area contributed by atoms with Gasteiger partial charge in [-0.3, -0.25) is 4.79 Å². The summed E-state index contributed by atoms with van der Waals surface area (Å²) in [5.41, 5.74) is 1.16. The molecular weight excluding hydrogens is 302 g/mol. The largest absolute Gasteiger partial charge is 0.476 e. The number of likely N-dealkylation sites (tertiary alicyclic amines) is 1. The molecule has 5 nitrogen and oxygen atoms in total. The molecule has 0 N–H and O–H groups in total. The molecule has 0 radical (unpaired) electrons. The molecule has 1 amide bonds. The Morgan fingerprint density at radius 3 is 2.58 bits per heavy atom. The van der Waals surface area contributed by atoms with E-state index in [0.717, 1.165) is 31.6 Å². The van der Waals surface area contributed by atoms with Crippen LogP contribution in [0, 0.1) is 17.3 Å². The Labute approximate surface area is 144 Å². The molecule has 5 heteroatoms. The summed E-state index contributed by atoms with van der Waals surface area (Å²) in [5.74, 6) is 1.51. The second kappa shape index (κ2) is 6.01. The first-order chi connectivity index (χ1) is 11.2. The van der Waals surface area contributed by atoms with Gasteiger partial charge in [0.15, 0.2) is 0 Å². The summed E-state index contributed by atoms with van der Waals surface area (Å²) in [6.07, 6.45) is 2.03. The van der Waals surface area contributed by atoms with Crippen LogP contribution in [0.25, 0.3) is 0 Å². The molecule has 3 rings (SSSR count). The first-order valence-electron chi connectivity index (χ1n) is 8.92. The minimum Gasteiger partial charge on any atom is -0.476 e. The zero-order valence-corrected chi connectivity index (χ0v) is 15.5. The molecule has 1 aromatic rings. The lowest BCUT2D eigenvalue weighted by atomic mass is 9.92. The highest BCUT2D eigenvalue weighted by Gasteiger charge is 2.52. The van der Waals surface area contributed by atoms with Gasteiger partial charge in [-0.2, -0.15) is 5.10 Å². The summed E-state index contributed by atoms with van der Waals surface area (Å²) in [6, 6.07) is 3.86. The summed E-state index contributed by atoms with van der Waals surface area (Å²) >= 11 is 0. The second-order valence-corrected chi connectivity index (χ2v) is 9.00. The van der Waals surface area contributed by atoms with Crippen LogP contribution in [0.15, 0.2) is 12.1 Å². The molecule has 24 heavy (non-hydrogen) atoms. The van der Waals surface area contributed by atoms with Crippen molar-refractivity contribution in [2.24, 2.45) is 17.3 Å². The number of hydrogen-bond donors (Lipinski definition) is 0. The van der Waals surface area contributed by atoms with Crippen LogP contribution in [0.2, 0.25) is 0 Å². The van der Waals surface area contributed by atoms with Crippen LogP contribution in [0.1, 0.15) is 53.2 Å². The number of amides is 1. The smallest absolute Gasteiger partial charge is 0.233 e. The maximum Gasteiger partial charge on any atom is 0.233 e. The van der Waals surface area contributed by atoms with E-state index in [2.05, 4.69) is 44.8 Å². The van der Waals surface area contributed by atoms with Crippen LogP contribution in [-0.2, 0) is 10.2 Å². The fourth-order valence-electron chi connectivity index (χ4n) is 3.28. The summed E-state index contributed by atoms with van der Waals surface area (Å²) in [7, 11) is 0. The molecule has 0 bridgehead atoms. The molecule has 2 unspecified atom stereocenters. The van der Waals surface area contributed by atoms with Crippen LogP contribution >= 0.6 is 0 Å². The van der Waals surface area contributed by atoms with E-state index >= 15 is 0 Å². The van der Waals surface area contributed by atoms with Gasteiger partial charge in [0.2, 0.25) is 11.8 Å². The third-order valence-electron chi connectivity index (χ3n) is 5.28. The van der Waals surface area contributed by atoms with Gasteiger partial charge >= 0.3 is 0 Å². The van der Waals surface area contributed by atoms with Crippen LogP contribution in [0.5, 0.6) is 5.88 Å². The monoisotopic (exact) mass is 331 g/mol. The number of hydrogen-bond acceptors (Lipinski definition) is 4. The van der Waals surface area contributed by atoms with Crippen LogP contribution in [0.3, 0.4) is 0 Å². The van der Waals surface area contributed by atoms with Gasteiger partial charge in [-0.05, 0) is 24.3 Å². The molecule has 1 saturated carbocycles. The highest BCUT2D eigenvalue weighted by molar-refractivity contribution is 5.82. The Balaban J connectivity index is 1.47. The molecule has 2 fully saturated rings. The van der Waals surface area contributed by atoms with Crippen LogP contribution in [-0.4, -0.2) is 40.7 Å². The van der Waals surface area contributed by atoms with E-state index in [1.165, 1.54) is 0 Å². The Bertz CT molecular complexity index is 604. The molecular formula is C19H29N3O2. The zero-order chi connectivity index (χ0) is 17.5. The van der Waals surface area contributed by atoms with Gasteiger partial charge in [-0.1, -0.05) is 34.6 Å². The lowest BCUT2D eigenvalue weighted by Crippen LogP contribution is -2.31. The normalized spacial score (nSPS) is 25.6. The van der Waals surface area contributed by atoms with Crippen molar-refractivity contribution in [1.82, 2.24) is 15.1 Å². The Kier molecular flexibility index (Phi) is 4.30. The summed E-state index contributed by atoms with van der Waals surface area (Å²) in [4.78, 5) is 14.5. The predicted octanol–water partition coefficient (Wildman–Crippen LogP) is 3.05. The molecule has 0 spiro atoms. The van der Waals surface area contributed by atoms with Gasteiger partial charge < -0.3 is 9.64 Å². The van der Waals surface area contributed by atoms with Crippen molar-refractivity contribution in [3.63, 3.8) is 0 Å². The fourth-order valence-corrected chi connectivity index (χ4v) is 3.28. The van der Waals surface area contributed by atoms with Crippen molar-refractivity contribution < 1.29 is 9.53 Å². The van der Waals surface area contributed by atoms with Crippen molar-refractivity contribution in [2.45, 2.75) is 52.9 Å². The molecule has 2 heterocycles. The molecule has 132 valence electrons. The summed E-state index contributed by atoms with van der Waals surface area (Å²) < 4.78 is 5.79. The standard InChI is InChI=1S/C19H29N3O2/c1-18(2,3)15-6-7-16(21-20-15)24-12-13-8-9-22(11-13)17(23)14-10-19(14,4)5/h6-7,13-14H,8-12H2,1-5H3. The lowest BCUT2D eigenvalue weighted by Gasteiger charge is -2.18. The Morgan fingerprint density at radius 2 is 2.04 bits per heavy atom. The van der Waals surface area contributed by atoms with E-state index in [-0.39, 0.29) is 16.7 Å². The predicted molar refractivity (Wildman–Crippen MR) is 92.8 cm³/mol. The van der Waals surface area contributed by atoms with E-state index in [9.17, 15) is 4.79 Å². The highest BCUT2D eigenvalue weighted by atomic mass is 16.5. The average Bonchev–Trinajstić information content (AvgIpc) is 2.95. The molecule has 1 aliphatic heterocycles. The van der Waals surface area contributed by atoms with E-state index in [4.69, 9.17) is 4.74 Å². The van der Waals surface area contributed by atoms with Gasteiger partial charge in [0, 0.05) is 36.4 Å². The zero-order valence-electron chi connectivity index (χ0n) is 15.5. The van der Waals surface area contributed by atoms with Gasteiger partial charge in [0.25, 0.3) is 0 Å². The summed E-state index contributed by atoms with van der Waals surface area (Å²) in [5, 5.41) is 8.41. The van der Waals surface area contributed by atoms with Crippen LogP contribution in [0.4, 0.5) is 0 Å². The van der Waals surface area contributed by atoms with Gasteiger partial charge in [-0.25, -0.2) is 0 Å². The third kappa shape index (κ3) is 3.70. The first-order valence-corrected chi connectivity index (χ1v) is 8.92. The van der Waals surface area contributed by atoms with Crippen molar-refractivity contribution in [3.8, 4) is 5.88 Å². The van der Waals surface area contributed by atoms with Crippen molar-refractivity contribution in [3.05, 3.63) is 17.8 Å². The minimum absolute atomic E-state index is 0.00552. The number of nitrogens with zero attached hydrogens (tertiary/aromatic N) is 3. The van der Waals surface area contributed by atoms with Gasteiger partial charge in [0.05, 0.1) is 12.3 Å². The van der Waals surface area contributed by atoms with E-state index in [1.807, 2.05) is 17.0 Å². The molecule has 1 aliphatic carbocycles. The Morgan fingerprint density at radius 1 is 1.33 bits per heavy atom. The van der Waals surface area contributed by atoms with Crippen molar-refractivity contribution in [1.29, 1.82) is 0 Å². The quantitative estimate of drug-likeness (QED) is 0.851. The molecule has 1 saturated heterocycles. The van der Waals surface area contributed by atoms with Crippen molar-refractivity contribution in [2.75, 3.05) is 19.7 Å². The van der Waals surface area contributed by atoms with Crippen molar-refractivity contribution >= 4 is 5.91 Å². The van der Waals surface area contributed by atoms with Crippen LogP contribution < -0.4 is 4.74 Å². The third-order valence-corrected chi connectivity index (χ3v) is 5.28. The van der Waals surface area contributed by atoms with E-state index in [0.29, 0.717) is 24.3 Å². The maximum atomic E-state index is 12.4. The number of carbonyl (C=O) groups is 1. The van der Waals surface area contributed by atoms with E-state index < -0.39 is 0 Å². The fraction of sp³-hybridized carbons (Fsp3) is 0.737. The topological polar surface area (TPSA) is 55.3 Å². The lowest BCUT2D eigenvalue weighted by molar-refractivity contribution is -0.132. The minimum atomic E-state index is -0.00552. The number of ether oxygens (including phenoxy) is 1.